The average Bonchev–Trinajstić information content (AvgIpc) is 3.53. The molecule has 0 bridgehead atoms. The first-order chi connectivity index (χ1) is 19.5. The molecule has 0 spiro atoms. The highest BCUT2D eigenvalue weighted by Crippen LogP contribution is 2.35. The van der Waals surface area contributed by atoms with Gasteiger partial charge in [-0.3, -0.25) is 9.69 Å². The van der Waals surface area contributed by atoms with Gasteiger partial charge in [-0.25, -0.2) is 14.6 Å². The molecule has 2 fully saturated rings. The predicted octanol–water partition coefficient (Wildman–Crippen LogP) is 5.07. The number of hydrogen-bond acceptors (Lipinski definition) is 7. The second-order valence-electron chi connectivity index (χ2n) is 10.8. The van der Waals surface area contributed by atoms with Gasteiger partial charge in [0.05, 0.1) is 11.4 Å². The Morgan fingerprint density at radius 1 is 1.07 bits per heavy atom. The van der Waals surface area contributed by atoms with Crippen LogP contribution in [-0.2, 0) is 4.79 Å². The van der Waals surface area contributed by atoms with Gasteiger partial charge in [-0.15, -0.1) is 0 Å². The standard InChI is InChI=1S/C31H35N7O2/c1-21(2)37(23-12-13-23)17-6-9-27(39)36-18-16-24(19-36)38-31-28(30(32)33-20-34-31)29(35-38)22-10-14-26(15-11-22)40-25-7-4-3-5-8-25/h3-11,14-15,20-21,23-24H,12-13,16-19H2,1-2H3,(H2,32,33,34)/b9-6+. The van der Waals surface area contributed by atoms with E-state index in [1.54, 1.807) is 6.08 Å². The molecule has 4 aromatic rings. The van der Waals surface area contributed by atoms with Crippen molar-refractivity contribution in [3.05, 3.63) is 73.1 Å². The van der Waals surface area contributed by atoms with E-state index >= 15 is 0 Å². The van der Waals surface area contributed by atoms with Crippen LogP contribution >= 0.6 is 0 Å². The van der Waals surface area contributed by atoms with Crippen LogP contribution in [0.3, 0.4) is 0 Å². The first-order valence-corrected chi connectivity index (χ1v) is 14.0. The maximum atomic E-state index is 13.0. The number of ether oxygens (including phenoxy) is 1. The number of rotatable bonds is 9. The third kappa shape index (κ3) is 5.42. The molecule has 1 aliphatic carbocycles. The summed E-state index contributed by atoms with van der Waals surface area (Å²) in [5.41, 5.74) is 8.63. The maximum absolute atomic E-state index is 13.0. The lowest BCUT2D eigenvalue weighted by Gasteiger charge is -2.24. The van der Waals surface area contributed by atoms with Crippen molar-refractivity contribution in [2.45, 2.75) is 51.2 Å². The van der Waals surface area contributed by atoms with Crippen LogP contribution in [0.1, 0.15) is 39.2 Å². The molecule has 3 heterocycles. The van der Waals surface area contributed by atoms with Gasteiger partial charge < -0.3 is 15.4 Å². The van der Waals surface area contributed by atoms with E-state index in [0.29, 0.717) is 36.6 Å². The summed E-state index contributed by atoms with van der Waals surface area (Å²) in [6.07, 6.45) is 8.52. The van der Waals surface area contributed by atoms with Crippen molar-refractivity contribution in [1.29, 1.82) is 0 Å². The number of nitrogens with zero attached hydrogens (tertiary/aromatic N) is 6. The molecular weight excluding hydrogens is 502 g/mol. The molecule has 2 aliphatic rings. The molecule has 2 aromatic carbocycles. The highest BCUT2D eigenvalue weighted by molar-refractivity contribution is 5.98. The molecule has 9 nitrogen and oxygen atoms in total. The Morgan fingerprint density at radius 3 is 2.55 bits per heavy atom. The fourth-order valence-electron chi connectivity index (χ4n) is 5.47. The number of fused-ring (bicyclic) bond motifs is 1. The van der Waals surface area contributed by atoms with E-state index < -0.39 is 0 Å². The molecule has 1 saturated heterocycles. The van der Waals surface area contributed by atoms with Crippen molar-refractivity contribution in [2.24, 2.45) is 0 Å². The number of aromatic nitrogens is 4. The van der Waals surface area contributed by atoms with Crippen molar-refractivity contribution in [3.63, 3.8) is 0 Å². The number of carbonyl (C=O) groups is 1. The van der Waals surface area contributed by atoms with Crippen LogP contribution in [-0.4, -0.2) is 67.2 Å². The summed E-state index contributed by atoms with van der Waals surface area (Å²) in [6, 6.07) is 18.6. The lowest BCUT2D eigenvalue weighted by atomic mass is 10.1. The summed E-state index contributed by atoms with van der Waals surface area (Å²) in [5, 5.41) is 5.69. The number of anilines is 1. The van der Waals surface area contributed by atoms with Crippen molar-refractivity contribution in [2.75, 3.05) is 25.4 Å². The van der Waals surface area contributed by atoms with E-state index in [1.165, 1.54) is 19.2 Å². The number of carbonyl (C=O) groups excluding carboxylic acids is 1. The van der Waals surface area contributed by atoms with Crippen LogP contribution in [0.2, 0.25) is 0 Å². The highest BCUT2D eigenvalue weighted by atomic mass is 16.5. The number of amides is 1. The Kier molecular flexibility index (Phi) is 7.21. The molecule has 1 unspecified atom stereocenters. The maximum Gasteiger partial charge on any atom is 0.246 e. The second kappa shape index (κ2) is 11.1. The van der Waals surface area contributed by atoms with E-state index in [1.807, 2.05) is 70.3 Å². The minimum Gasteiger partial charge on any atom is -0.457 e. The number of benzene rings is 2. The van der Waals surface area contributed by atoms with E-state index in [4.69, 9.17) is 15.6 Å². The van der Waals surface area contributed by atoms with Crippen LogP contribution in [0.4, 0.5) is 5.82 Å². The zero-order valence-electron chi connectivity index (χ0n) is 23.0. The summed E-state index contributed by atoms with van der Waals surface area (Å²) in [6.45, 7) is 6.48. The first-order valence-electron chi connectivity index (χ1n) is 14.0. The molecule has 40 heavy (non-hydrogen) atoms. The van der Waals surface area contributed by atoms with Gasteiger partial charge in [-0.2, -0.15) is 5.10 Å². The Labute approximate surface area is 234 Å². The SMILES string of the molecule is CC(C)N(C/C=C/C(=O)N1CCC(n2nc(-c3ccc(Oc4ccccc4)cc3)c3c(N)ncnc32)C1)C1CC1. The Morgan fingerprint density at radius 2 is 1.82 bits per heavy atom. The monoisotopic (exact) mass is 537 g/mol. The summed E-state index contributed by atoms with van der Waals surface area (Å²) >= 11 is 0. The van der Waals surface area contributed by atoms with Gasteiger partial charge in [0.1, 0.15) is 29.3 Å². The van der Waals surface area contributed by atoms with Crippen LogP contribution < -0.4 is 10.5 Å². The lowest BCUT2D eigenvalue weighted by Crippen LogP contribution is -2.33. The fraction of sp³-hybridized carbons (Fsp3) is 0.355. The number of hydrogen-bond donors (Lipinski definition) is 1. The smallest absolute Gasteiger partial charge is 0.246 e. The highest BCUT2D eigenvalue weighted by Gasteiger charge is 2.31. The Hall–Kier alpha value is -4.24. The molecule has 2 aromatic heterocycles. The first kappa shape index (κ1) is 26.0. The van der Waals surface area contributed by atoms with Gasteiger partial charge >= 0.3 is 0 Å². The van der Waals surface area contributed by atoms with Crippen molar-refractivity contribution in [1.82, 2.24) is 29.5 Å². The molecule has 6 rings (SSSR count). The number of nitrogens with two attached hydrogens (primary N) is 1. The van der Waals surface area contributed by atoms with Crippen molar-refractivity contribution < 1.29 is 9.53 Å². The summed E-state index contributed by atoms with van der Waals surface area (Å²) < 4.78 is 7.87. The fourth-order valence-corrected chi connectivity index (χ4v) is 5.47. The van der Waals surface area contributed by atoms with Crippen LogP contribution in [0, 0.1) is 0 Å². The van der Waals surface area contributed by atoms with E-state index in [2.05, 4.69) is 28.7 Å². The van der Waals surface area contributed by atoms with Crippen LogP contribution in [0.15, 0.2) is 73.1 Å². The van der Waals surface area contributed by atoms with Crippen LogP contribution in [0.25, 0.3) is 22.3 Å². The van der Waals surface area contributed by atoms with Crippen molar-refractivity contribution >= 4 is 22.8 Å². The number of para-hydroxylation sites is 1. The quantitative estimate of drug-likeness (QED) is 0.297. The zero-order valence-corrected chi connectivity index (χ0v) is 23.0. The molecule has 1 saturated carbocycles. The summed E-state index contributed by atoms with van der Waals surface area (Å²) in [4.78, 5) is 26.1. The zero-order chi connectivity index (χ0) is 27.6. The third-order valence-electron chi connectivity index (χ3n) is 7.70. The molecule has 2 N–H and O–H groups in total. The summed E-state index contributed by atoms with van der Waals surface area (Å²) in [7, 11) is 0. The number of nitrogen functional groups attached to an aromatic ring is 1. The van der Waals surface area contributed by atoms with E-state index in [9.17, 15) is 4.79 Å². The predicted molar refractivity (Wildman–Crippen MR) is 156 cm³/mol. The molecule has 0 radical (unpaired) electrons. The van der Waals surface area contributed by atoms with Gasteiger partial charge in [0.2, 0.25) is 5.91 Å². The molecule has 1 aliphatic heterocycles. The number of likely N-dealkylation sites (tertiary alicyclic amines) is 1. The van der Waals surface area contributed by atoms with Crippen LogP contribution in [0.5, 0.6) is 11.5 Å². The average molecular weight is 538 g/mol. The Balaban J connectivity index is 1.19. The van der Waals surface area contributed by atoms with Crippen molar-refractivity contribution in [3.8, 4) is 22.8 Å². The minimum atomic E-state index is 0.00205. The minimum absolute atomic E-state index is 0.00205. The van der Waals surface area contributed by atoms with Gasteiger partial charge in [0.25, 0.3) is 0 Å². The van der Waals surface area contributed by atoms with Gasteiger partial charge in [-0.1, -0.05) is 24.3 Å². The van der Waals surface area contributed by atoms with E-state index in [0.717, 1.165) is 41.1 Å². The van der Waals surface area contributed by atoms with Gasteiger partial charge in [0.15, 0.2) is 5.65 Å². The molecule has 1 amide bonds. The Bertz CT molecular complexity index is 1510. The third-order valence-corrected chi connectivity index (χ3v) is 7.70. The second-order valence-corrected chi connectivity index (χ2v) is 10.8. The largest absolute Gasteiger partial charge is 0.457 e. The van der Waals surface area contributed by atoms with Gasteiger partial charge in [-0.05, 0) is 69.5 Å². The normalized spacial score (nSPS) is 17.5. The van der Waals surface area contributed by atoms with E-state index in [-0.39, 0.29) is 11.9 Å². The topological polar surface area (TPSA) is 102 Å². The molecule has 9 heteroatoms. The lowest BCUT2D eigenvalue weighted by molar-refractivity contribution is -0.125. The molecule has 206 valence electrons. The molecule has 1 atom stereocenters. The molecular formula is C31H35N7O2. The van der Waals surface area contributed by atoms with Gasteiger partial charge in [0, 0.05) is 43.4 Å². The summed E-state index contributed by atoms with van der Waals surface area (Å²) in [5.74, 6) is 1.93.